The van der Waals surface area contributed by atoms with Gasteiger partial charge in [0.15, 0.2) is 0 Å². The molecule has 0 N–H and O–H groups in total. The standard InChI is InChI=1S/C12H23N2O/c1-5-7-15-8-6-14-9-12(11(2)3)13(4)10-14/h9-11H,5-8H2,1-4H3/q+1. The van der Waals surface area contributed by atoms with Crippen molar-refractivity contribution in [2.24, 2.45) is 7.05 Å². The zero-order valence-corrected chi connectivity index (χ0v) is 10.4. The van der Waals surface area contributed by atoms with Crippen molar-refractivity contribution in [3.63, 3.8) is 0 Å². The Hall–Kier alpha value is -0.830. The molecule has 3 nitrogen and oxygen atoms in total. The third-order valence-electron chi connectivity index (χ3n) is 2.46. The lowest BCUT2D eigenvalue weighted by Crippen LogP contribution is -2.30. The maximum absolute atomic E-state index is 5.47. The second-order valence-corrected chi connectivity index (χ2v) is 4.29. The van der Waals surface area contributed by atoms with E-state index in [0.29, 0.717) is 5.92 Å². The highest BCUT2D eigenvalue weighted by Crippen LogP contribution is 2.08. The molecule has 0 saturated heterocycles. The van der Waals surface area contributed by atoms with Crippen molar-refractivity contribution in [1.29, 1.82) is 0 Å². The van der Waals surface area contributed by atoms with Crippen LogP contribution in [0.25, 0.3) is 0 Å². The van der Waals surface area contributed by atoms with E-state index in [2.05, 4.69) is 49.5 Å². The molecule has 0 atom stereocenters. The number of nitrogens with zero attached hydrogens (tertiary/aromatic N) is 2. The minimum absolute atomic E-state index is 0.577. The Labute approximate surface area is 92.7 Å². The Morgan fingerprint density at radius 3 is 2.67 bits per heavy atom. The largest absolute Gasteiger partial charge is 0.377 e. The summed E-state index contributed by atoms with van der Waals surface area (Å²) in [6.07, 6.45) is 5.43. The van der Waals surface area contributed by atoms with Crippen LogP contribution < -0.4 is 4.57 Å². The monoisotopic (exact) mass is 211 g/mol. The van der Waals surface area contributed by atoms with E-state index in [1.54, 1.807) is 0 Å². The summed E-state index contributed by atoms with van der Waals surface area (Å²) in [6.45, 7) is 9.18. The Morgan fingerprint density at radius 2 is 2.13 bits per heavy atom. The predicted molar refractivity (Wildman–Crippen MR) is 60.8 cm³/mol. The quantitative estimate of drug-likeness (QED) is 0.519. The summed E-state index contributed by atoms with van der Waals surface area (Å²) in [4.78, 5) is 0. The Kier molecular flexibility index (Phi) is 4.82. The van der Waals surface area contributed by atoms with Gasteiger partial charge in [-0.2, -0.15) is 0 Å². The lowest BCUT2D eigenvalue weighted by Gasteiger charge is -1.98. The van der Waals surface area contributed by atoms with E-state index in [0.717, 1.165) is 26.2 Å². The zero-order valence-electron chi connectivity index (χ0n) is 10.4. The molecule has 0 aliphatic rings. The second kappa shape index (κ2) is 5.91. The summed E-state index contributed by atoms with van der Waals surface area (Å²) in [5.74, 6) is 0.577. The molecule has 3 heteroatoms. The van der Waals surface area contributed by atoms with Crippen LogP contribution in [0.5, 0.6) is 0 Å². The Morgan fingerprint density at radius 1 is 1.40 bits per heavy atom. The minimum Gasteiger partial charge on any atom is -0.377 e. The van der Waals surface area contributed by atoms with Gasteiger partial charge in [0.1, 0.15) is 18.4 Å². The van der Waals surface area contributed by atoms with Crippen LogP contribution in [-0.2, 0) is 18.3 Å². The molecule has 1 aromatic rings. The molecule has 0 radical (unpaired) electrons. The van der Waals surface area contributed by atoms with Crippen LogP contribution in [0.4, 0.5) is 0 Å². The van der Waals surface area contributed by atoms with E-state index in [9.17, 15) is 0 Å². The Balaban J connectivity index is 2.45. The van der Waals surface area contributed by atoms with Crippen molar-refractivity contribution in [2.75, 3.05) is 13.2 Å². The molecule has 0 aliphatic carbocycles. The molecular formula is C12H23N2O+. The SMILES string of the molecule is CCCOCCn1cc(C(C)C)[n+](C)c1. The first-order valence-corrected chi connectivity index (χ1v) is 5.78. The molecular weight excluding hydrogens is 188 g/mol. The number of rotatable bonds is 6. The summed E-state index contributed by atoms with van der Waals surface area (Å²) < 4.78 is 9.85. The average molecular weight is 211 g/mol. The second-order valence-electron chi connectivity index (χ2n) is 4.29. The van der Waals surface area contributed by atoms with Crippen LogP contribution in [0.1, 0.15) is 38.8 Å². The molecule has 0 bridgehead atoms. The fraction of sp³-hybridized carbons (Fsp3) is 0.750. The van der Waals surface area contributed by atoms with Crippen LogP contribution in [-0.4, -0.2) is 17.8 Å². The molecule has 0 aromatic carbocycles. The maximum Gasteiger partial charge on any atom is 0.243 e. The van der Waals surface area contributed by atoms with Crippen LogP contribution in [0.15, 0.2) is 12.5 Å². The topological polar surface area (TPSA) is 18.0 Å². The molecule has 0 aliphatic heterocycles. The maximum atomic E-state index is 5.47. The third kappa shape index (κ3) is 3.67. The molecule has 1 aromatic heterocycles. The molecule has 0 unspecified atom stereocenters. The first-order chi connectivity index (χ1) is 7.15. The molecule has 1 heterocycles. The van der Waals surface area contributed by atoms with Gasteiger partial charge in [0.25, 0.3) is 0 Å². The summed E-state index contributed by atoms with van der Waals surface area (Å²) in [5.41, 5.74) is 1.37. The predicted octanol–water partition coefficient (Wildman–Crippen LogP) is 1.86. The smallest absolute Gasteiger partial charge is 0.243 e. The van der Waals surface area contributed by atoms with Gasteiger partial charge in [-0.05, 0) is 6.42 Å². The van der Waals surface area contributed by atoms with Gasteiger partial charge in [-0.15, -0.1) is 0 Å². The summed E-state index contributed by atoms with van der Waals surface area (Å²) in [6, 6.07) is 0. The fourth-order valence-corrected chi connectivity index (χ4v) is 1.68. The number of hydrogen-bond acceptors (Lipinski definition) is 1. The number of ether oxygens (including phenoxy) is 1. The van der Waals surface area contributed by atoms with Crippen molar-refractivity contribution in [1.82, 2.24) is 4.57 Å². The summed E-state index contributed by atoms with van der Waals surface area (Å²) in [5, 5.41) is 0. The van der Waals surface area contributed by atoms with Gasteiger partial charge < -0.3 is 4.74 Å². The number of aryl methyl sites for hydroxylation is 1. The van der Waals surface area contributed by atoms with E-state index in [1.165, 1.54) is 5.69 Å². The van der Waals surface area contributed by atoms with Crippen molar-refractivity contribution >= 4 is 0 Å². The fourth-order valence-electron chi connectivity index (χ4n) is 1.68. The third-order valence-corrected chi connectivity index (χ3v) is 2.46. The number of hydrogen-bond donors (Lipinski definition) is 0. The van der Waals surface area contributed by atoms with Crippen molar-refractivity contribution in [2.45, 2.75) is 39.7 Å². The first kappa shape index (κ1) is 12.2. The van der Waals surface area contributed by atoms with E-state index in [4.69, 9.17) is 4.74 Å². The number of imidazole rings is 1. The minimum atomic E-state index is 0.577. The highest BCUT2D eigenvalue weighted by Gasteiger charge is 2.12. The van der Waals surface area contributed by atoms with Crippen LogP contribution >= 0.6 is 0 Å². The highest BCUT2D eigenvalue weighted by atomic mass is 16.5. The van der Waals surface area contributed by atoms with Gasteiger partial charge in [-0.3, -0.25) is 0 Å². The van der Waals surface area contributed by atoms with E-state index >= 15 is 0 Å². The van der Waals surface area contributed by atoms with Crippen LogP contribution in [0.2, 0.25) is 0 Å². The van der Waals surface area contributed by atoms with E-state index in [1.807, 2.05) is 0 Å². The normalized spacial score (nSPS) is 11.3. The average Bonchev–Trinajstić information content (AvgIpc) is 2.55. The molecule has 86 valence electrons. The van der Waals surface area contributed by atoms with Crippen LogP contribution in [0.3, 0.4) is 0 Å². The van der Waals surface area contributed by atoms with Gasteiger partial charge in [0, 0.05) is 12.5 Å². The molecule has 0 saturated carbocycles. The molecule has 0 fully saturated rings. The van der Waals surface area contributed by atoms with Gasteiger partial charge in [-0.1, -0.05) is 20.8 Å². The van der Waals surface area contributed by atoms with Crippen molar-refractivity contribution in [3.05, 3.63) is 18.2 Å². The van der Waals surface area contributed by atoms with Crippen molar-refractivity contribution in [3.8, 4) is 0 Å². The highest BCUT2D eigenvalue weighted by molar-refractivity contribution is 4.94. The van der Waals surface area contributed by atoms with Crippen molar-refractivity contribution < 1.29 is 9.30 Å². The van der Waals surface area contributed by atoms with Gasteiger partial charge >= 0.3 is 0 Å². The van der Waals surface area contributed by atoms with Gasteiger partial charge in [-0.25, -0.2) is 9.13 Å². The van der Waals surface area contributed by atoms with Crippen LogP contribution in [0, 0.1) is 0 Å². The summed E-state index contributed by atoms with van der Waals surface area (Å²) >= 11 is 0. The lowest BCUT2D eigenvalue weighted by molar-refractivity contribution is -0.679. The zero-order chi connectivity index (χ0) is 11.3. The van der Waals surface area contributed by atoms with E-state index < -0.39 is 0 Å². The molecule has 1 rings (SSSR count). The molecule has 15 heavy (non-hydrogen) atoms. The Bertz CT molecular complexity index is 292. The first-order valence-electron chi connectivity index (χ1n) is 5.78. The molecule has 0 amide bonds. The number of aromatic nitrogens is 2. The van der Waals surface area contributed by atoms with Gasteiger partial charge in [0.05, 0.1) is 13.7 Å². The summed E-state index contributed by atoms with van der Waals surface area (Å²) in [7, 11) is 2.10. The molecule has 0 spiro atoms. The van der Waals surface area contributed by atoms with E-state index in [-0.39, 0.29) is 0 Å². The lowest BCUT2D eigenvalue weighted by atomic mass is 10.1. The van der Waals surface area contributed by atoms with Gasteiger partial charge in [0.2, 0.25) is 6.33 Å².